The summed E-state index contributed by atoms with van der Waals surface area (Å²) in [5.41, 5.74) is 1.54. The van der Waals surface area contributed by atoms with E-state index in [4.69, 9.17) is 0 Å². The van der Waals surface area contributed by atoms with Gasteiger partial charge in [-0.1, -0.05) is 43.7 Å². The maximum Gasteiger partial charge on any atom is 0.00813 e. The summed E-state index contributed by atoms with van der Waals surface area (Å²) in [7, 11) is 0. The number of hydrogen-bond donors (Lipinski definition) is 1. The topological polar surface area (TPSA) is 12.0 Å². The first kappa shape index (κ1) is 13.2. The molecule has 3 rings (SSSR count). The van der Waals surface area contributed by atoms with Crippen molar-refractivity contribution in [2.75, 3.05) is 0 Å². The Morgan fingerprint density at radius 2 is 1.63 bits per heavy atom. The molecule has 0 aromatic heterocycles. The molecule has 0 bridgehead atoms. The molecule has 1 aromatic rings. The SMILES string of the molecule is CCC1CCC(NC2CC(c3ccccc3)C2)CC1. The highest BCUT2D eigenvalue weighted by Crippen LogP contribution is 2.38. The first-order valence-corrected chi connectivity index (χ1v) is 8.16. The maximum absolute atomic E-state index is 3.90. The van der Waals surface area contributed by atoms with Crippen LogP contribution in [-0.2, 0) is 0 Å². The van der Waals surface area contributed by atoms with Crippen LogP contribution >= 0.6 is 0 Å². The zero-order valence-corrected chi connectivity index (χ0v) is 12.1. The standard InChI is InChI=1S/C18H27N/c1-2-14-8-10-17(11-9-14)19-18-12-16(13-18)15-6-4-3-5-7-15/h3-7,14,16-19H,2,8-13H2,1H3. The van der Waals surface area contributed by atoms with Crippen molar-refractivity contribution < 1.29 is 0 Å². The summed E-state index contributed by atoms with van der Waals surface area (Å²) >= 11 is 0. The summed E-state index contributed by atoms with van der Waals surface area (Å²) in [6.07, 6.45) is 9.78. The molecule has 0 amide bonds. The Kier molecular flexibility index (Phi) is 4.22. The van der Waals surface area contributed by atoms with Crippen LogP contribution in [0.3, 0.4) is 0 Å². The van der Waals surface area contributed by atoms with Crippen molar-refractivity contribution in [1.82, 2.24) is 5.32 Å². The lowest BCUT2D eigenvalue weighted by Crippen LogP contribution is -2.46. The highest BCUT2D eigenvalue weighted by molar-refractivity contribution is 5.22. The number of hydrogen-bond acceptors (Lipinski definition) is 1. The van der Waals surface area contributed by atoms with Crippen LogP contribution < -0.4 is 5.32 Å². The van der Waals surface area contributed by atoms with Crippen LogP contribution in [0.15, 0.2) is 30.3 Å². The Labute approximate surface area is 117 Å². The molecular formula is C18H27N. The molecule has 2 saturated carbocycles. The molecule has 0 atom stereocenters. The first-order chi connectivity index (χ1) is 9.35. The van der Waals surface area contributed by atoms with Gasteiger partial charge in [0.1, 0.15) is 0 Å². The van der Waals surface area contributed by atoms with E-state index in [1.807, 2.05) is 0 Å². The molecule has 1 heteroatoms. The smallest absolute Gasteiger partial charge is 0.00813 e. The van der Waals surface area contributed by atoms with E-state index in [1.165, 1.54) is 50.5 Å². The zero-order valence-electron chi connectivity index (χ0n) is 12.1. The van der Waals surface area contributed by atoms with Gasteiger partial charge in [0.05, 0.1) is 0 Å². The van der Waals surface area contributed by atoms with E-state index in [0.29, 0.717) is 0 Å². The molecule has 0 spiro atoms. The summed E-state index contributed by atoms with van der Waals surface area (Å²) in [6.45, 7) is 2.34. The van der Waals surface area contributed by atoms with Crippen LogP contribution in [0.1, 0.15) is 63.4 Å². The molecule has 19 heavy (non-hydrogen) atoms. The van der Waals surface area contributed by atoms with Crippen molar-refractivity contribution in [2.24, 2.45) is 5.92 Å². The van der Waals surface area contributed by atoms with Gasteiger partial charge < -0.3 is 5.32 Å². The van der Waals surface area contributed by atoms with Crippen molar-refractivity contribution in [3.63, 3.8) is 0 Å². The third-order valence-electron chi connectivity index (χ3n) is 5.30. The minimum atomic E-state index is 0.786. The fourth-order valence-electron chi connectivity index (χ4n) is 3.82. The summed E-state index contributed by atoms with van der Waals surface area (Å²) in [5.74, 6) is 1.82. The molecule has 104 valence electrons. The average molecular weight is 257 g/mol. The largest absolute Gasteiger partial charge is 0.311 e. The molecule has 0 aliphatic heterocycles. The van der Waals surface area contributed by atoms with Gasteiger partial charge in [0.2, 0.25) is 0 Å². The fraction of sp³-hybridized carbons (Fsp3) is 0.667. The van der Waals surface area contributed by atoms with Gasteiger partial charge in [-0.15, -0.1) is 0 Å². The molecule has 1 aromatic carbocycles. The Balaban J connectivity index is 1.40. The van der Waals surface area contributed by atoms with Crippen molar-refractivity contribution in [3.8, 4) is 0 Å². The normalized spacial score (nSPS) is 34.8. The van der Waals surface area contributed by atoms with Gasteiger partial charge in [-0.05, 0) is 55.9 Å². The number of nitrogens with one attached hydrogen (secondary N) is 1. The molecule has 2 fully saturated rings. The average Bonchev–Trinajstić information content (AvgIpc) is 2.44. The molecule has 0 heterocycles. The first-order valence-electron chi connectivity index (χ1n) is 8.16. The van der Waals surface area contributed by atoms with Crippen LogP contribution in [-0.4, -0.2) is 12.1 Å². The molecule has 1 N–H and O–H groups in total. The predicted molar refractivity (Wildman–Crippen MR) is 81.4 cm³/mol. The molecule has 2 aliphatic carbocycles. The molecule has 1 nitrogen and oxygen atoms in total. The number of rotatable bonds is 4. The van der Waals surface area contributed by atoms with Gasteiger partial charge in [0.25, 0.3) is 0 Å². The lowest BCUT2D eigenvalue weighted by Gasteiger charge is -2.40. The van der Waals surface area contributed by atoms with Gasteiger partial charge in [0.15, 0.2) is 0 Å². The van der Waals surface area contributed by atoms with Gasteiger partial charge in [0, 0.05) is 12.1 Å². The van der Waals surface area contributed by atoms with E-state index in [0.717, 1.165) is 23.9 Å². The van der Waals surface area contributed by atoms with Crippen LogP contribution in [0, 0.1) is 5.92 Å². The maximum atomic E-state index is 3.90. The Bertz CT molecular complexity index is 372. The molecule has 0 saturated heterocycles. The Morgan fingerprint density at radius 3 is 2.26 bits per heavy atom. The second-order valence-corrected chi connectivity index (χ2v) is 6.57. The van der Waals surface area contributed by atoms with Gasteiger partial charge in [-0.25, -0.2) is 0 Å². The van der Waals surface area contributed by atoms with Crippen molar-refractivity contribution >= 4 is 0 Å². The highest BCUT2D eigenvalue weighted by Gasteiger charge is 2.32. The minimum Gasteiger partial charge on any atom is -0.311 e. The van der Waals surface area contributed by atoms with Gasteiger partial charge >= 0.3 is 0 Å². The lowest BCUT2D eigenvalue weighted by atomic mass is 9.75. The third-order valence-corrected chi connectivity index (χ3v) is 5.30. The second-order valence-electron chi connectivity index (χ2n) is 6.57. The van der Waals surface area contributed by atoms with Crippen LogP contribution in [0.2, 0.25) is 0 Å². The molecular weight excluding hydrogens is 230 g/mol. The quantitative estimate of drug-likeness (QED) is 0.838. The second kappa shape index (κ2) is 6.09. The van der Waals surface area contributed by atoms with Crippen molar-refractivity contribution in [3.05, 3.63) is 35.9 Å². The van der Waals surface area contributed by atoms with Crippen molar-refractivity contribution in [2.45, 2.75) is 69.9 Å². The molecule has 2 aliphatic rings. The summed E-state index contributed by atoms with van der Waals surface area (Å²) < 4.78 is 0. The van der Waals surface area contributed by atoms with E-state index < -0.39 is 0 Å². The van der Waals surface area contributed by atoms with Crippen LogP contribution in [0.4, 0.5) is 0 Å². The Morgan fingerprint density at radius 1 is 0.947 bits per heavy atom. The van der Waals surface area contributed by atoms with Gasteiger partial charge in [-0.3, -0.25) is 0 Å². The van der Waals surface area contributed by atoms with E-state index in [2.05, 4.69) is 42.6 Å². The van der Waals surface area contributed by atoms with E-state index in [1.54, 1.807) is 0 Å². The fourth-order valence-corrected chi connectivity index (χ4v) is 3.82. The van der Waals surface area contributed by atoms with E-state index >= 15 is 0 Å². The monoisotopic (exact) mass is 257 g/mol. The highest BCUT2D eigenvalue weighted by atomic mass is 15.0. The predicted octanol–water partition coefficient (Wildman–Crippen LogP) is 4.49. The molecule has 0 radical (unpaired) electrons. The van der Waals surface area contributed by atoms with Crippen LogP contribution in [0.5, 0.6) is 0 Å². The zero-order chi connectivity index (χ0) is 13.1. The Hall–Kier alpha value is -0.820. The minimum absolute atomic E-state index is 0.786. The van der Waals surface area contributed by atoms with E-state index in [-0.39, 0.29) is 0 Å². The van der Waals surface area contributed by atoms with E-state index in [9.17, 15) is 0 Å². The van der Waals surface area contributed by atoms with Gasteiger partial charge in [-0.2, -0.15) is 0 Å². The van der Waals surface area contributed by atoms with Crippen LogP contribution in [0.25, 0.3) is 0 Å². The summed E-state index contributed by atoms with van der Waals surface area (Å²) in [4.78, 5) is 0. The third kappa shape index (κ3) is 3.20. The summed E-state index contributed by atoms with van der Waals surface area (Å²) in [5, 5.41) is 3.90. The summed E-state index contributed by atoms with van der Waals surface area (Å²) in [6, 6.07) is 12.6. The van der Waals surface area contributed by atoms with Crippen molar-refractivity contribution in [1.29, 1.82) is 0 Å². The molecule has 0 unspecified atom stereocenters. The number of benzene rings is 1. The lowest BCUT2D eigenvalue weighted by molar-refractivity contribution is 0.215.